The lowest BCUT2D eigenvalue weighted by Gasteiger charge is -2.26. The molecule has 6 nitrogen and oxygen atoms in total. The van der Waals surface area contributed by atoms with Gasteiger partial charge in [0.15, 0.2) is 0 Å². The third-order valence-corrected chi connectivity index (χ3v) is 2.85. The highest BCUT2D eigenvalue weighted by Crippen LogP contribution is 2.04. The Morgan fingerprint density at radius 1 is 1.53 bits per heavy atom. The van der Waals surface area contributed by atoms with Gasteiger partial charge in [-0.05, 0) is 0 Å². The minimum Gasteiger partial charge on any atom is -0.379 e. The largest absolute Gasteiger partial charge is 0.379 e. The van der Waals surface area contributed by atoms with Crippen molar-refractivity contribution in [2.24, 2.45) is 7.05 Å². The molecule has 0 spiro atoms. The van der Waals surface area contributed by atoms with E-state index >= 15 is 0 Å². The number of aryl methyl sites for hydroxylation is 1. The molecule has 1 fully saturated rings. The van der Waals surface area contributed by atoms with Gasteiger partial charge in [0, 0.05) is 39.2 Å². The SMILES string of the molecule is Cn1nccc1NC(=O)CCN1CCOCC1. The van der Waals surface area contributed by atoms with Gasteiger partial charge in [0.2, 0.25) is 5.91 Å². The van der Waals surface area contributed by atoms with Crippen LogP contribution < -0.4 is 5.32 Å². The summed E-state index contributed by atoms with van der Waals surface area (Å²) in [5.41, 5.74) is 0. The van der Waals surface area contributed by atoms with Crippen LogP contribution in [0.5, 0.6) is 0 Å². The first-order chi connectivity index (χ1) is 8.25. The molecule has 6 heteroatoms. The molecule has 1 N–H and O–H groups in total. The number of carbonyl (C=O) groups is 1. The van der Waals surface area contributed by atoms with Gasteiger partial charge in [0.1, 0.15) is 5.82 Å². The summed E-state index contributed by atoms with van der Waals surface area (Å²) in [5, 5.41) is 6.83. The Hall–Kier alpha value is -1.40. The van der Waals surface area contributed by atoms with E-state index in [9.17, 15) is 4.79 Å². The Morgan fingerprint density at radius 2 is 2.29 bits per heavy atom. The molecule has 1 aromatic rings. The van der Waals surface area contributed by atoms with Crippen molar-refractivity contribution in [1.82, 2.24) is 14.7 Å². The van der Waals surface area contributed by atoms with Crippen LogP contribution >= 0.6 is 0 Å². The molecule has 0 atom stereocenters. The zero-order chi connectivity index (χ0) is 12.1. The number of morpholine rings is 1. The second-order valence-corrected chi connectivity index (χ2v) is 4.09. The highest BCUT2D eigenvalue weighted by Gasteiger charge is 2.12. The fourth-order valence-electron chi connectivity index (χ4n) is 1.79. The molecule has 0 unspecified atom stereocenters. The van der Waals surface area contributed by atoms with Crippen molar-refractivity contribution in [3.8, 4) is 0 Å². The first kappa shape index (κ1) is 12.1. The molecule has 0 aromatic carbocycles. The fourth-order valence-corrected chi connectivity index (χ4v) is 1.79. The molecule has 0 bridgehead atoms. The standard InChI is InChI=1S/C11H18N4O2/c1-14-10(2-4-12-14)13-11(16)3-5-15-6-8-17-9-7-15/h2,4H,3,5-9H2,1H3,(H,13,16). The third-order valence-electron chi connectivity index (χ3n) is 2.85. The van der Waals surface area contributed by atoms with Gasteiger partial charge in [-0.3, -0.25) is 14.4 Å². The van der Waals surface area contributed by atoms with E-state index in [1.807, 2.05) is 0 Å². The summed E-state index contributed by atoms with van der Waals surface area (Å²) in [6, 6.07) is 1.78. The van der Waals surface area contributed by atoms with Crippen molar-refractivity contribution in [1.29, 1.82) is 0 Å². The number of carbonyl (C=O) groups excluding carboxylic acids is 1. The lowest BCUT2D eigenvalue weighted by molar-refractivity contribution is -0.116. The van der Waals surface area contributed by atoms with Crippen molar-refractivity contribution >= 4 is 11.7 Å². The summed E-state index contributed by atoms with van der Waals surface area (Å²) in [7, 11) is 1.80. The predicted octanol–water partition coefficient (Wildman–Crippen LogP) is 0.0809. The van der Waals surface area contributed by atoms with Gasteiger partial charge >= 0.3 is 0 Å². The maximum Gasteiger partial charge on any atom is 0.226 e. The molecular formula is C11H18N4O2. The Balaban J connectivity index is 1.72. The van der Waals surface area contributed by atoms with Crippen LogP contribution in [0.3, 0.4) is 0 Å². The van der Waals surface area contributed by atoms with Crippen LogP contribution in [0.25, 0.3) is 0 Å². The predicted molar refractivity (Wildman–Crippen MR) is 63.7 cm³/mol. The van der Waals surface area contributed by atoms with Crippen molar-refractivity contribution in [3.05, 3.63) is 12.3 Å². The van der Waals surface area contributed by atoms with Crippen LogP contribution in [0.2, 0.25) is 0 Å². The molecule has 1 aliphatic rings. The van der Waals surface area contributed by atoms with Gasteiger partial charge in [-0.15, -0.1) is 0 Å². The summed E-state index contributed by atoms with van der Waals surface area (Å²) in [4.78, 5) is 13.9. The first-order valence-electron chi connectivity index (χ1n) is 5.83. The summed E-state index contributed by atoms with van der Waals surface area (Å²) >= 11 is 0. The molecule has 0 saturated carbocycles. The number of rotatable bonds is 4. The Labute approximate surface area is 101 Å². The summed E-state index contributed by atoms with van der Waals surface area (Å²) in [6.07, 6.45) is 2.17. The second kappa shape index (κ2) is 5.79. The molecule has 17 heavy (non-hydrogen) atoms. The normalized spacial score (nSPS) is 17.0. The summed E-state index contributed by atoms with van der Waals surface area (Å²) < 4.78 is 6.90. The number of hydrogen-bond donors (Lipinski definition) is 1. The third kappa shape index (κ3) is 3.54. The smallest absolute Gasteiger partial charge is 0.226 e. The number of hydrogen-bond acceptors (Lipinski definition) is 4. The zero-order valence-electron chi connectivity index (χ0n) is 10.1. The Bertz CT molecular complexity index is 371. The van der Waals surface area contributed by atoms with Crippen LogP contribution in [0.4, 0.5) is 5.82 Å². The van der Waals surface area contributed by atoms with Gasteiger partial charge in [-0.25, -0.2) is 0 Å². The molecule has 1 aromatic heterocycles. The van der Waals surface area contributed by atoms with Crippen LogP contribution in [0.1, 0.15) is 6.42 Å². The van der Waals surface area contributed by atoms with E-state index < -0.39 is 0 Å². The average molecular weight is 238 g/mol. The Morgan fingerprint density at radius 3 is 2.94 bits per heavy atom. The minimum atomic E-state index is 0.0279. The van der Waals surface area contributed by atoms with E-state index in [4.69, 9.17) is 4.74 Å². The van der Waals surface area contributed by atoms with E-state index in [1.165, 1.54) is 0 Å². The van der Waals surface area contributed by atoms with Gasteiger partial charge in [-0.2, -0.15) is 5.10 Å². The van der Waals surface area contributed by atoms with Crippen molar-refractivity contribution in [3.63, 3.8) is 0 Å². The van der Waals surface area contributed by atoms with Crippen molar-refractivity contribution in [2.45, 2.75) is 6.42 Å². The van der Waals surface area contributed by atoms with E-state index in [0.29, 0.717) is 6.42 Å². The number of anilines is 1. The molecule has 0 radical (unpaired) electrons. The summed E-state index contributed by atoms with van der Waals surface area (Å²) in [6.45, 7) is 4.15. The number of aromatic nitrogens is 2. The maximum absolute atomic E-state index is 11.7. The number of nitrogens with one attached hydrogen (secondary N) is 1. The summed E-state index contributed by atoms with van der Waals surface area (Å²) in [5.74, 6) is 0.761. The molecule has 2 rings (SSSR count). The highest BCUT2D eigenvalue weighted by atomic mass is 16.5. The number of nitrogens with zero attached hydrogens (tertiary/aromatic N) is 3. The van der Waals surface area contributed by atoms with Gasteiger partial charge in [0.05, 0.1) is 19.4 Å². The Kier molecular flexibility index (Phi) is 4.11. The molecule has 0 aliphatic carbocycles. The zero-order valence-corrected chi connectivity index (χ0v) is 10.1. The van der Waals surface area contributed by atoms with Crippen molar-refractivity contribution in [2.75, 3.05) is 38.2 Å². The number of ether oxygens (including phenoxy) is 1. The quantitative estimate of drug-likeness (QED) is 0.807. The second-order valence-electron chi connectivity index (χ2n) is 4.09. The van der Waals surface area contributed by atoms with Crippen LogP contribution in [-0.2, 0) is 16.6 Å². The molecule has 1 amide bonds. The van der Waals surface area contributed by atoms with Crippen LogP contribution in [0, 0.1) is 0 Å². The van der Waals surface area contributed by atoms with E-state index in [2.05, 4.69) is 15.3 Å². The van der Waals surface area contributed by atoms with E-state index in [0.717, 1.165) is 38.7 Å². The number of amides is 1. The highest BCUT2D eigenvalue weighted by molar-refractivity contribution is 5.89. The molecular weight excluding hydrogens is 220 g/mol. The average Bonchev–Trinajstić information content (AvgIpc) is 2.74. The van der Waals surface area contributed by atoms with Gasteiger partial charge in [-0.1, -0.05) is 0 Å². The fraction of sp³-hybridized carbons (Fsp3) is 0.636. The minimum absolute atomic E-state index is 0.0279. The first-order valence-corrected chi connectivity index (χ1v) is 5.83. The maximum atomic E-state index is 11.7. The van der Waals surface area contributed by atoms with Gasteiger partial charge < -0.3 is 10.1 Å². The molecule has 1 aliphatic heterocycles. The lowest BCUT2D eigenvalue weighted by Crippen LogP contribution is -2.38. The molecule has 1 saturated heterocycles. The van der Waals surface area contributed by atoms with Crippen LogP contribution in [-0.4, -0.2) is 53.4 Å². The lowest BCUT2D eigenvalue weighted by atomic mass is 10.3. The van der Waals surface area contributed by atoms with E-state index in [-0.39, 0.29) is 5.91 Å². The topological polar surface area (TPSA) is 59.4 Å². The monoisotopic (exact) mass is 238 g/mol. The van der Waals surface area contributed by atoms with E-state index in [1.54, 1.807) is 24.0 Å². The van der Waals surface area contributed by atoms with Gasteiger partial charge in [0.25, 0.3) is 0 Å². The van der Waals surface area contributed by atoms with Crippen LogP contribution in [0.15, 0.2) is 12.3 Å². The molecule has 94 valence electrons. The van der Waals surface area contributed by atoms with Crippen molar-refractivity contribution < 1.29 is 9.53 Å². The molecule has 2 heterocycles.